The molecule has 98 valence electrons. The number of rotatable bonds is 2. The van der Waals surface area contributed by atoms with E-state index in [-0.39, 0.29) is 15.9 Å². The normalized spacial score (nSPS) is 10.3. The number of hydrogen-bond donors (Lipinski definition) is 1. The van der Waals surface area contributed by atoms with E-state index in [0.29, 0.717) is 10.7 Å². The largest absolute Gasteiger partial charge is 0.320 e. The van der Waals surface area contributed by atoms with E-state index in [1.807, 2.05) is 0 Å². The third-order valence-corrected chi connectivity index (χ3v) is 3.43. The molecular formula is C11H5BrCl3N3O. The summed E-state index contributed by atoms with van der Waals surface area (Å²) in [5.41, 5.74) is 0.572. The average Bonchev–Trinajstić information content (AvgIpc) is 2.36. The molecule has 1 heterocycles. The molecule has 0 spiro atoms. The molecule has 0 saturated carbocycles. The number of carbonyl (C=O) groups is 1. The van der Waals surface area contributed by atoms with Crippen LogP contribution in [0.5, 0.6) is 0 Å². The van der Waals surface area contributed by atoms with Crippen LogP contribution in [0.3, 0.4) is 0 Å². The fourth-order valence-corrected chi connectivity index (χ4v) is 2.15. The van der Waals surface area contributed by atoms with Crippen molar-refractivity contribution in [1.29, 1.82) is 0 Å². The Morgan fingerprint density at radius 1 is 1.16 bits per heavy atom. The summed E-state index contributed by atoms with van der Waals surface area (Å²) in [7, 11) is 0. The predicted octanol–water partition coefficient (Wildman–Crippen LogP) is 4.45. The molecule has 4 nitrogen and oxygen atoms in total. The Morgan fingerprint density at radius 3 is 2.63 bits per heavy atom. The molecule has 8 heteroatoms. The third kappa shape index (κ3) is 3.57. The lowest BCUT2D eigenvalue weighted by Crippen LogP contribution is -2.13. The first kappa shape index (κ1) is 14.5. The van der Waals surface area contributed by atoms with E-state index < -0.39 is 5.91 Å². The second-order valence-electron chi connectivity index (χ2n) is 3.45. The summed E-state index contributed by atoms with van der Waals surface area (Å²) in [4.78, 5) is 12.1. The van der Waals surface area contributed by atoms with Gasteiger partial charge < -0.3 is 5.32 Å². The minimum atomic E-state index is -0.471. The van der Waals surface area contributed by atoms with Crippen molar-refractivity contribution in [3.63, 3.8) is 0 Å². The van der Waals surface area contributed by atoms with E-state index in [2.05, 4.69) is 31.4 Å². The number of anilines is 1. The van der Waals surface area contributed by atoms with Crippen LogP contribution in [0.1, 0.15) is 10.4 Å². The fraction of sp³-hybridized carbons (Fsp3) is 0. The lowest BCUT2D eigenvalue weighted by molar-refractivity contribution is 0.102. The Hall–Kier alpha value is -0.880. The van der Waals surface area contributed by atoms with Crippen molar-refractivity contribution in [2.24, 2.45) is 0 Å². The Kier molecular flexibility index (Phi) is 4.62. The van der Waals surface area contributed by atoms with Gasteiger partial charge in [-0.25, -0.2) is 0 Å². The third-order valence-electron chi connectivity index (χ3n) is 2.14. The minimum absolute atomic E-state index is 0.0342. The quantitative estimate of drug-likeness (QED) is 0.836. The molecule has 1 aromatic heterocycles. The molecule has 1 N–H and O–H groups in total. The molecule has 0 bridgehead atoms. The highest BCUT2D eigenvalue weighted by Crippen LogP contribution is 2.27. The lowest BCUT2D eigenvalue weighted by Gasteiger charge is -2.08. The van der Waals surface area contributed by atoms with Gasteiger partial charge in [0.05, 0.1) is 16.3 Å². The van der Waals surface area contributed by atoms with E-state index in [1.165, 1.54) is 6.07 Å². The zero-order valence-corrected chi connectivity index (χ0v) is 13.0. The van der Waals surface area contributed by atoms with E-state index in [9.17, 15) is 4.79 Å². The van der Waals surface area contributed by atoms with Crippen molar-refractivity contribution in [2.45, 2.75) is 0 Å². The number of benzene rings is 1. The van der Waals surface area contributed by atoms with Crippen LogP contribution in [-0.2, 0) is 0 Å². The van der Waals surface area contributed by atoms with Crippen molar-refractivity contribution < 1.29 is 4.79 Å². The Labute approximate surface area is 132 Å². The van der Waals surface area contributed by atoms with Crippen LogP contribution in [0.4, 0.5) is 5.69 Å². The van der Waals surface area contributed by atoms with Gasteiger partial charge in [-0.2, -0.15) is 0 Å². The monoisotopic (exact) mass is 379 g/mol. The summed E-state index contributed by atoms with van der Waals surface area (Å²) in [6.07, 6.45) is 0. The fourth-order valence-electron chi connectivity index (χ4n) is 1.30. The molecule has 2 aromatic rings. The smallest absolute Gasteiger partial charge is 0.259 e. The average molecular weight is 381 g/mol. The summed E-state index contributed by atoms with van der Waals surface area (Å²) in [5.74, 6) is -0.471. The highest BCUT2D eigenvalue weighted by Gasteiger charge is 2.14. The molecule has 0 atom stereocenters. The van der Waals surface area contributed by atoms with Gasteiger partial charge in [-0.1, -0.05) is 50.7 Å². The maximum Gasteiger partial charge on any atom is 0.259 e. The lowest BCUT2D eigenvalue weighted by atomic mass is 10.2. The van der Waals surface area contributed by atoms with E-state index in [1.54, 1.807) is 18.2 Å². The van der Waals surface area contributed by atoms with Gasteiger partial charge in [-0.15, -0.1) is 10.2 Å². The van der Waals surface area contributed by atoms with Crippen LogP contribution in [0.25, 0.3) is 0 Å². The van der Waals surface area contributed by atoms with Gasteiger partial charge >= 0.3 is 0 Å². The maximum atomic E-state index is 12.1. The molecule has 0 saturated heterocycles. The number of nitrogens with one attached hydrogen (secondary N) is 1. The molecule has 1 aromatic carbocycles. The summed E-state index contributed by atoms with van der Waals surface area (Å²) < 4.78 is 0.782. The number of halogens is 4. The van der Waals surface area contributed by atoms with Crippen molar-refractivity contribution >= 4 is 62.3 Å². The van der Waals surface area contributed by atoms with Crippen LogP contribution < -0.4 is 5.32 Å². The zero-order valence-electron chi connectivity index (χ0n) is 9.12. The molecule has 0 radical (unpaired) electrons. The number of hydrogen-bond acceptors (Lipinski definition) is 3. The van der Waals surface area contributed by atoms with Crippen LogP contribution in [0.15, 0.2) is 28.7 Å². The van der Waals surface area contributed by atoms with Gasteiger partial charge in [-0.3, -0.25) is 4.79 Å². The van der Waals surface area contributed by atoms with Crippen molar-refractivity contribution in [2.75, 3.05) is 5.32 Å². The summed E-state index contributed by atoms with van der Waals surface area (Å²) >= 11 is 20.7. The first-order valence-electron chi connectivity index (χ1n) is 4.92. The number of nitrogens with zero attached hydrogens (tertiary/aromatic N) is 2. The molecule has 0 aliphatic carbocycles. The summed E-state index contributed by atoms with van der Waals surface area (Å²) in [6.45, 7) is 0. The first-order valence-corrected chi connectivity index (χ1v) is 6.85. The van der Waals surface area contributed by atoms with Crippen molar-refractivity contribution in [1.82, 2.24) is 10.2 Å². The zero-order chi connectivity index (χ0) is 14.0. The molecule has 0 fully saturated rings. The second kappa shape index (κ2) is 6.05. The molecule has 2 rings (SSSR count). The summed E-state index contributed by atoms with van der Waals surface area (Å²) in [6, 6.07) is 6.42. The van der Waals surface area contributed by atoms with Crippen LogP contribution >= 0.6 is 50.7 Å². The van der Waals surface area contributed by atoms with Crippen LogP contribution in [0, 0.1) is 0 Å². The van der Waals surface area contributed by atoms with Crippen LogP contribution in [-0.4, -0.2) is 16.1 Å². The highest BCUT2D eigenvalue weighted by molar-refractivity contribution is 9.10. The molecule has 0 unspecified atom stereocenters. The van der Waals surface area contributed by atoms with Gasteiger partial charge in [0, 0.05) is 4.47 Å². The molecule has 1 amide bonds. The Balaban J connectivity index is 2.30. The molecule has 0 aliphatic heterocycles. The highest BCUT2D eigenvalue weighted by atomic mass is 79.9. The van der Waals surface area contributed by atoms with Crippen molar-refractivity contribution in [3.05, 3.63) is 49.6 Å². The summed E-state index contributed by atoms with van der Waals surface area (Å²) in [5, 5.41) is 10.2. The topological polar surface area (TPSA) is 54.9 Å². The standard InChI is InChI=1S/C11H5BrCl3N3O/c12-5-1-2-7(13)8(3-5)16-11(19)6-4-9(14)17-18-10(6)15/h1-4H,(H,16,19). The second-order valence-corrected chi connectivity index (χ2v) is 5.52. The van der Waals surface area contributed by atoms with E-state index in [0.717, 1.165) is 4.47 Å². The Bertz CT molecular complexity index is 651. The Morgan fingerprint density at radius 2 is 1.89 bits per heavy atom. The van der Waals surface area contributed by atoms with Gasteiger partial charge in [0.2, 0.25) is 0 Å². The number of amides is 1. The SMILES string of the molecule is O=C(Nc1cc(Br)ccc1Cl)c1cc(Cl)nnc1Cl. The van der Waals surface area contributed by atoms with Gasteiger partial charge in [0.15, 0.2) is 10.3 Å². The van der Waals surface area contributed by atoms with Gasteiger partial charge in [0.1, 0.15) is 0 Å². The van der Waals surface area contributed by atoms with E-state index in [4.69, 9.17) is 34.8 Å². The predicted molar refractivity (Wildman–Crippen MR) is 79.2 cm³/mol. The van der Waals surface area contributed by atoms with Crippen LogP contribution in [0.2, 0.25) is 15.3 Å². The van der Waals surface area contributed by atoms with Crippen molar-refractivity contribution in [3.8, 4) is 0 Å². The van der Waals surface area contributed by atoms with Gasteiger partial charge in [0.25, 0.3) is 5.91 Å². The minimum Gasteiger partial charge on any atom is -0.320 e. The molecular weight excluding hydrogens is 376 g/mol. The molecule has 19 heavy (non-hydrogen) atoms. The van der Waals surface area contributed by atoms with Gasteiger partial charge in [-0.05, 0) is 24.3 Å². The number of aromatic nitrogens is 2. The molecule has 0 aliphatic rings. The number of carbonyl (C=O) groups excluding carboxylic acids is 1. The maximum absolute atomic E-state index is 12.1. The van der Waals surface area contributed by atoms with E-state index >= 15 is 0 Å². The first-order chi connectivity index (χ1) is 8.97.